The van der Waals surface area contributed by atoms with Gasteiger partial charge in [0.25, 0.3) is 0 Å². The molecule has 0 fully saturated rings. The first-order chi connectivity index (χ1) is 10.1. The van der Waals surface area contributed by atoms with E-state index < -0.39 is 0 Å². The summed E-state index contributed by atoms with van der Waals surface area (Å²) in [6.45, 7) is 1.94. The van der Waals surface area contributed by atoms with Crippen LogP contribution in [-0.2, 0) is 0 Å². The van der Waals surface area contributed by atoms with E-state index in [4.69, 9.17) is 21.8 Å². The lowest BCUT2D eigenvalue weighted by atomic mass is 9.88. The summed E-state index contributed by atoms with van der Waals surface area (Å²) in [4.78, 5) is 0. The van der Waals surface area contributed by atoms with Gasteiger partial charge in [0, 0.05) is 10.7 Å². The minimum atomic E-state index is -0.0569. The summed E-state index contributed by atoms with van der Waals surface area (Å²) in [6.07, 6.45) is 0. The summed E-state index contributed by atoms with van der Waals surface area (Å²) >= 11 is 6.15. The molecule has 0 spiro atoms. The Morgan fingerprint density at radius 1 is 1.00 bits per heavy atom. The quantitative estimate of drug-likeness (QED) is 0.691. The second-order valence-electron chi connectivity index (χ2n) is 5.07. The van der Waals surface area contributed by atoms with Crippen molar-refractivity contribution in [1.82, 2.24) is 0 Å². The number of benzene rings is 2. The van der Waals surface area contributed by atoms with E-state index in [1.54, 1.807) is 6.07 Å². The van der Waals surface area contributed by atoms with E-state index in [1.807, 2.05) is 49.4 Å². The summed E-state index contributed by atoms with van der Waals surface area (Å²) in [6, 6.07) is 19.7. The van der Waals surface area contributed by atoms with Crippen molar-refractivity contribution in [2.45, 2.75) is 12.8 Å². The monoisotopic (exact) mass is 297 g/mol. The van der Waals surface area contributed by atoms with Crippen molar-refractivity contribution >= 4 is 17.3 Å². The number of nitrogen functional groups attached to an aromatic ring is 1. The van der Waals surface area contributed by atoms with Gasteiger partial charge in [-0.2, -0.15) is 0 Å². The third-order valence-electron chi connectivity index (χ3n) is 3.54. The molecule has 1 atom stereocenters. The summed E-state index contributed by atoms with van der Waals surface area (Å²) in [5, 5.41) is 0.670. The van der Waals surface area contributed by atoms with Crippen LogP contribution in [0.1, 0.15) is 28.6 Å². The summed E-state index contributed by atoms with van der Waals surface area (Å²) in [5.74, 6) is 1.69. The molecule has 3 heteroatoms. The maximum atomic E-state index is 6.17. The number of halogens is 1. The Balaban J connectivity index is 2.19. The van der Waals surface area contributed by atoms with Crippen LogP contribution in [-0.4, -0.2) is 0 Å². The summed E-state index contributed by atoms with van der Waals surface area (Å²) in [5.41, 5.74) is 8.97. The van der Waals surface area contributed by atoms with Crippen molar-refractivity contribution in [2.75, 3.05) is 5.73 Å². The van der Waals surface area contributed by atoms with Gasteiger partial charge in [0.15, 0.2) is 0 Å². The molecule has 106 valence electrons. The van der Waals surface area contributed by atoms with E-state index in [9.17, 15) is 0 Å². The number of hydrogen-bond acceptors (Lipinski definition) is 2. The molecule has 1 unspecified atom stereocenters. The Hall–Kier alpha value is -2.19. The Morgan fingerprint density at radius 2 is 1.76 bits per heavy atom. The first-order valence-electron chi connectivity index (χ1n) is 6.81. The number of hydrogen-bond donors (Lipinski definition) is 1. The molecule has 0 aliphatic heterocycles. The largest absolute Gasteiger partial charge is 0.465 e. The maximum Gasteiger partial charge on any atom is 0.116 e. The van der Waals surface area contributed by atoms with Gasteiger partial charge in [-0.1, -0.05) is 41.9 Å². The predicted molar refractivity (Wildman–Crippen MR) is 86.7 cm³/mol. The van der Waals surface area contributed by atoms with Crippen LogP contribution >= 0.6 is 11.6 Å². The zero-order valence-corrected chi connectivity index (χ0v) is 12.5. The molecule has 3 rings (SSSR count). The summed E-state index contributed by atoms with van der Waals surface area (Å²) in [7, 11) is 0. The van der Waals surface area contributed by atoms with Crippen LogP contribution in [0.25, 0.3) is 0 Å². The minimum Gasteiger partial charge on any atom is -0.465 e. The topological polar surface area (TPSA) is 39.2 Å². The molecule has 21 heavy (non-hydrogen) atoms. The fraction of sp³-hybridized carbons (Fsp3) is 0.111. The van der Waals surface area contributed by atoms with Gasteiger partial charge < -0.3 is 10.2 Å². The van der Waals surface area contributed by atoms with Crippen LogP contribution in [0.15, 0.2) is 65.1 Å². The molecule has 2 N–H and O–H groups in total. The van der Waals surface area contributed by atoms with Crippen molar-refractivity contribution in [3.8, 4) is 0 Å². The van der Waals surface area contributed by atoms with Crippen molar-refractivity contribution in [3.63, 3.8) is 0 Å². The molecule has 0 aliphatic rings. The highest BCUT2D eigenvalue weighted by Crippen LogP contribution is 2.37. The molecule has 0 saturated carbocycles. The molecule has 0 aliphatic carbocycles. The standard InChI is InChI=1S/C18H16ClNO/c1-12-7-10-17(21-12)18(13-5-3-2-4-6-13)15-11-14(19)8-9-16(15)20/h2-11,18H,20H2,1H3. The second-order valence-corrected chi connectivity index (χ2v) is 5.50. The molecule has 0 radical (unpaired) electrons. The highest BCUT2D eigenvalue weighted by molar-refractivity contribution is 6.30. The third kappa shape index (κ3) is 2.81. The molecule has 1 heterocycles. The van der Waals surface area contributed by atoms with Crippen LogP contribution in [0, 0.1) is 6.92 Å². The van der Waals surface area contributed by atoms with E-state index in [-0.39, 0.29) is 5.92 Å². The highest BCUT2D eigenvalue weighted by atomic mass is 35.5. The van der Waals surface area contributed by atoms with Gasteiger partial charge in [-0.25, -0.2) is 0 Å². The Bertz CT molecular complexity index is 749. The van der Waals surface area contributed by atoms with Crippen molar-refractivity contribution in [1.29, 1.82) is 0 Å². The molecule has 0 bridgehead atoms. The number of furan rings is 1. The van der Waals surface area contributed by atoms with Gasteiger partial charge in [-0.05, 0) is 48.4 Å². The second kappa shape index (κ2) is 5.66. The zero-order valence-electron chi connectivity index (χ0n) is 11.7. The van der Waals surface area contributed by atoms with Crippen LogP contribution in [0.3, 0.4) is 0 Å². The Labute approximate surface area is 129 Å². The first-order valence-corrected chi connectivity index (χ1v) is 7.19. The molecule has 0 amide bonds. The lowest BCUT2D eigenvalue weighted by Crippen LogP contribution is -2.05. The van der Waals surface area contributed by atoms with E-state index in [0.717, 1.165) is 22.6 Å². The fourth-order valence-electron chi connectivity index (χ4n) is 2.55. The average molecular weight is 298 g/mol. The number of nitrogens with two attached hydrogens (primary N) is 1. The van der Waals surface area contributed by atoms with Crippen LogP contribution < -0.4 is 5.73 Å². The van der Waals surface area contributed by atoms with Gasteiger partial charge in [0.1, 0.15) is 11.5 Å². The van der Waals surface area contributed by atoms with Crippen LogP contribution in [0.4, 0.5) is 5.69 Å². The van der Waals surface area contributed by atoms with Gasteiger partial charge in [0.2, 0.25) is 0 Å². The van der Waals surface area contributed by atoms with Crippen molar-refractivity contribution < 1.29 is 4.42 Å². The lowest BCUT2D eigenvalue weighted by Gasteiger charge is -2.18. The number of aryl methyl sites for hydroxylation is 1. The molecule has 0 saturated heterocycles. The number of rotatable bonds is 3. The Kier molecular flexibility index (Phi) is 3.72. The van der Waals surface area contributed by atoms with Gasteiger partial charge in [-0.15, -0.1) is 0 Å². The van der Waals surface area contributed by atoms with Crippen molar-refractivity contribution in [2.24, 2.45) is 0 Å². The molecular formula is C18H16ClNO. The molecule has 2 aromatic carbocycles. The van der Waals surface area contributed by atoms with Gasteiger partial charge >= 0.3 is 0 Å². The fourth-order valence-corrected chi connectivity index (χ4v) is 2.73. The van der Waals surface area contributed by atoms with Gasteiger partial charge in [-0.3, -0.25) is 0 Å². The predicted octanol–water partition coefficient (Wildman–Crippen LogP) is 5.00. The highest BCUT2D eigenvalue weighted by Gasteiger charge is 2.22. The van der Waals surface area contributed by atoms with E-state index in [2.05, 4.69) is 12.1 Å². The Morgan fingerprint density at radius 3 is 2.43 bits per heavy atom. The molecule has 2 nitrogen and oxygen atoms in total. The SMILES string of the molecule is Cc1ccc(C(c2ccccc2)c2cc(Cl)ccc2N)o1. The molecular weight excluding hydrogens is 282 g/mol. The van der Waals surface area contributed by atoms with Gasteiger partial charge in [0.05, 0.1) is 5.92 Å². The van der Waals surface area contributed by atoms with Crippen LogP contribution in [0.2, 0.25) is 5.02 Å². The molecule has 3 aromatic rings. The number of anilines is 1. The van der Waals surface area contributed by atoms with Crippen molar-refractivity contribution in [3.05, 3.63) is 88.3 Å². The first kappa shape index (κ1) is 13.8. The smallest absolute Gasteiger partial charge is 0.116 e. The van der Waals surface area contributed by atoms with E-state index in [0.29, 0.717) is 10.7 Å². The normalized spacial score (nSPS) is 12.3. The maximum absolute atomic E-state index is 6.17. The minimum absolute atomic E-state index is 0.0569. The average Bonchev–Trinajstić information content (AvgIpc) is 2.90. The zero-order chi connectivity index (χ0) is 14.8. The molecule has 1 aromatic heterocycles. The van der Waals surface area contributed by atoms with Crippen LogP contribution in [0.5, 0.6) is 0 Å². The third-order valence-corrected chi connectivity index (χ3v) is 3.77. The summed E-state index contributed by atoms with van der Waals surface area (Å²) < 4.78 is 5.85. The van der Waals surface area contributed by atoms with E-state index in [1.165, 1.54) is 0 Å². The van der Waals surface area contributed by atoms with E-state index >= 15 is 0 Å². The lowest BCUT2D eigenvalue weighted by molar-refractivity contribution is 0.478.